The summed E-state index contributed by atoms with van der Waals surface area (Å²) in [7, 11) is -3.65. The Morgan fingerprint density at radius 2 is 1.73 bits per heavy atom. The molecule has 2 amide bonds. The molecular formula is C28H37Cl2N3O6S. The van der Waals surface area contributed by atoms with Gasteiger partial charge in [0.15, 0.2) is 11.5 Å². The number of carbonyl (C=O) groups excluding carboxylic acids is 2. The topological polar surface area (TPSA) is 105 Å². The standard InChI is InChI=1S/C28H37Cl2N3O6S/c1-5-19(3)31-28(35)24(6-2)32(18-20-9-10-21(29)16-23(20)30)27(34)8-7-13-33(40(4,36)37)22-11-12-25-26(17-22)39-15-14-38-25/h9-12,16-17,19,24H,5-8,13-15,18H2,1-4H3,(H,31,35)/t19-,24-/m0/s1. The van der Waals surface area contributed by atoms with Gasteiger partial charge in [-0.15, -0.1) is 0 Å². The van der Waals surface area contributed by atoms with Gasteiger partial charge in [-0.3, -0.25) is 13.9 Å². The second-order valence-corrected chi connectivity index (χ2v) is 12.5. The molecule has 0 saturated carbocycles. The molecule has 2 aromatic carbocycles. The van der Waals surface area contributed by atoms with E-state index in [1.165, 1.54) is 9.21 Å². The number of hydrogen-bond acceptors (Lipinski definition) is 6. The Morgan fingerprint density at radius 3 is 2.35 bits per heavy atom. The van der Waals surface area contributed by atoms with Crippen molar-refractivity contribution in [3.8, 4) is 11.5 Å². The predicted octanol–water partition coefficient (Wildman–Crippen LogP) is 5.03. The van der Waals surface area contributed by atoms with Crippen molar-refractivity contribution in [1.82, 2.24) is 10.2 Å². The summed E-state index contributed by atoms with van der Waals surface area (Å²) in [5.41, 5.74) is 1.08. The molecule has 0 bridgehead atoms. The molecule has 12 heteroatoms. The lowest BCUT2D eigenvalue weighted by Crippen LogP contribution is -2.50. The van der Waals surface area contributed by atoms with E-state index < -0.39 is 16.1 Å². The van der Waals surface area contributed by atoms with Crippen molar-refractivity contribution in [1.29, 1.82) is 0 Å². The Morgan fingerprint density at radius 1 is 1.02 bits per heavy atom. The van der Waals surface area contributed by atoms with E-state index in [1.54, 1.807) is 36.4 Å². The first-order valence-electron chi connectivity index (χ1n) is 13.4. The molecule has 1 aliphatic heterocycles. The van der Waals surface area contributed by atoms with Crippen LogP contribution in [0.5, 0.6) is 11.5 Å². The number of ether oxygens (including phenoxy) is 2. The van der Waals surface area contributed by atoms with Gasteiger partial charge in [0.2, 0.25) is 21.8 Å². The Hall–Kier alpha value is -2.69. The highest BCUT2D eigenvalue weighted by Crippen LogP contribution is 2.35. The molecule has 3 rings (SSSR count). The number of nitrogens with one attached hydrogen (secondary N) is 1. The van der Waals surface area contributed by atoms with E-state index in [0.717, 1.165) is 12.7 Å². The van der Waals surface area contributed by atoms with E-state index in [2.05, 4.69) is 5.32 Å². The van der Waals surface area contributed by atoms with Gasteiger partial charge < -0.3 is 19.7 Å². The van der Waals surface area contributed by atoms with Crippen molar-refractivity contribution in [2.24, 2.45) is 0 Å². The van der Waals surface area contributed by atoms with Crippen LogP contribution in [0.4, 0.5) is 5.69 Å². The van der Waals surface area contributed by atoms with Gasteiger partial charge >= 0.3 is 0 Å². The molecule has 0 spiro atoms. The Bertz CT molecular complexity index is 1310. The number of amides is 2. The molecule has 0 radical (unpaired) electrons. The summed E-state index contributed by atoms with van der Waals surface area (Å²) < 4.78 is 37.7. The van der Waals surface area contributed by atoms with Crippen molar-refractivity contribution < 1.29 is 27.5 Å². The molecule has 0 saturated heterocycles. The summed E-state index contributed by atoms with van der Waals surface area (Å²) in [6.07, 6.45) is 2.52. The van der Waals surface area contributed by atoms with Gasteiger partial charge in [-0.05, 0) is 56.0 Å². The first-order valence-corrected chi connectivity index (χ1v) is 16.0. The number of benzene rings is 2. The molecule has 0 aromatic heterocycles. The van der Waals surface area contributed by atoms with Crippen molar-refractivity contribution in [2.75, 3.05) is 30.3 Å². The summed E-state index contributed by atoms with van der Waals surface area (Å²) in [6, 6.07) is 9.19. The third kappa shape index (κ3) is 8.41. The van der Waals surface area contributed by atoms with E-state index in [0.29, 0.717) is 52.4 Å². The number of anilines is 1. The summed E-state index contributed by atoms with van der Waals surface area (Å²) >= 11 is 12.5. The van der Waals surface area contributed by atoms with E-state index in [9.17, 15) is 18.0 Å². The quantitative estimate of drug-likeness (QED) is 0.339. The van der Waals surface area contributed by atoms with E-state index in [4.69, 9.17) is 32.7 Å². The largest absolute Gasteiger partial charge is 0.486 e. The number of nitrogens with zero attached hydrogens (tertiary/aromatic N) is 2. The maximum atomic E-state index is 13.6. The Kier molecular flexibility index (Phi) is 11.4. The average Bonchev–Trinajstić information content (AvgIpc) is 2.91. The lowest BCUT2D eigenvalue weighted by atomic mass is 10.1. The first-order chi connectivity index (χ1) is 18.9. The van der Waals surface area contributed by atoms with Crippen molar-refractivity contribution in [3.63, 3.8) is 0 Å². The molecule has 2 atom stereocenters. The van der Waals surface area contributed by atoms with Gasteiger partial charge in [0.1, 0.15) is 19.3 Å². The maximum Gasteiger partial charge on any atom is 0.243 e. The molecular weight excluding hydrogens is 577 g/mol. The van der Waals surface area contributed by atoms with Crippen LogP contribution in [0.1, 0.15) is 52.0 Å². The molecule has 40 heavy (non-hydrogen) atoms. The SMILES string of the molecule is CC[C@H](C)NC(=O)[C@H](CC)N(Cc1ccc(Cl)cc1Cl)C(=O)CCCN(c1ccc2c(c1)OCCO2)S(C)(=O)=O. The molecule has 9 nitrogen and oxygen atoms in total. The van der Waals surface area contributed by atoms with Crippen molar-refractivity contribution >= 4 is 50.7 Å². The van der Waals surface area contributed by atoms with E-state index in [-0.39, 0.29) is 43.8 Å². The van der Waals surface area contributed by atoms with Crippen LogP contribution >= 0.6 is 23.2 Å². The second-order valence-electron chi connectivity index (χ2n) is 9.77. The number of hydrogen-bond donors (Lipinski definition) is 1. The number of sulfonamides is 1. The van der Waals surface area contributed by atoms with E-state index in [1.807, 2.05) is 20.8 Å². The fourth-order valence-corrected chi connectivity index (χ4v) is 5.81. The maximum absolute atomic E-state index is 13.6. The summed E-state index contributed by atoms with van der Waals surface area (Å²) in [5.74, 6) is 0.492. The van der Waals surface area contributed by atoms with E-state index >= 15 is 0 Å². The molecule has 1 heterocycles. The second kappa shape index (κ2) is 14.3. The Balaban J connectivity index is 1.80. The zero-order chi connectivity index (χ0) is 29.4. The minimum absolute atomic E-state index is 0.0227. The van der Waals surface area contributed by atoms with Crippen LogP contribution < -0.4 is 19.1 Å². The molecule has 2 aromatic rings. The van der Waals surface area contributed by atoms with Gasteiger partial charge in [0.25, 0.3) is 0 Å². The van der Waals surface area contributed by atoms with Gasteiger partial charge in [-0.1, -0.05) is 43.1 Å². The third-order valence-electron chi connectivity index (χ3n) is 6.71. The van der Waals surface area contributed by atoms with Crippen LogP contribution in [0.2, 0.25) is 10.0 Å². The summed E-state index contributed by atoms with van der Waals surface area (Å²) in [5, 5.41) is 3.83. The van der Waals surface area contributed by atoms with Crippen LogP contribution in [-0.2, 0) is 26.2 Å². The molecule has 0 unspecified atom stereocenters. The van der Waals surface area contributed by atoms with Crippen molar-refractivity contribution in [3.05, 3.63) is 52.0 Å². The minimum atomic E-state index is -3.65. The van der Waals surface area contributed by atoms with Crippen molar-refractivity contribution in [2.45, 2.75) is 65.1 Å². The monoisotopic (exact) mass is 613 g/mol. The minimum Gasteiger partial charge on any atom is -0.486 e. The zero-order valence-electron chi connectivity index (χ0n) is 23.3. The highest BCUT2D eigenvalue weighted by Gasteiger charge is 2.30. The van der Waals surface area contributed by atoms with Crippen LogP contribution in [0.15, 0.2) is 36.4 Å². The molecule has 1 N–H and O–H groups in total. The van der Waals surface area contributed by atoms with Gasteiger partial charge in [-0.2, -0.15) is 0 Å². The number of halogens is 2. The molecule has 0 fully saturated rings. The first kappa shape index (κ1) is 31.8. The number of rotatable bonds is 13. The van der Waals surface area contributed by atoms with Gasteiger partial charge in [0.05, 0.1) is 11.9 Å². The van der Waals surface area contributed by atoms with Gasteiger partial charge in [-0.25, -0.2) is 8.42 Å². The lowest BCUT2D eigenvalue weighted by Gasteiger charge is -2.32. The normalized spacial score (nSPS) is 14.2. The smallest absolute Gasteiger partial charge is 0.243 e. The average molecular weight is 615 g/mol. The Labute approximate surface area is 246 Å². The molecule has 1 aliphatic rings. The van der Waals surface area contributed by atoms with Gasteiger partial charge in [0, 0.05) is 41.7 Å². The summed E-state index contributed by atoms with van der Waals surface area (Å²) in [6.45, 7) is 6.70. The number of carbonyl (C=O) groups is 2. The lowest BCUT2D eigenvalue weighted by molar-refractivity contribution is -0.141. The predicted molar refractivity (Wildman–Crippen MR) is 158 cm³/mol. The fraction of sp³-hybridized carbons (Fsp3) is 0.500. The molecule has 0 aliphatic carbocycles. The van der Waals surface area contributed by atoms with Crippen LogP contribution in [0.25, 0.3) is 0 Å². The van der Waals surface area contributed by atoms with Crippen LogP contribution in [-0.4, -0.2) is 63.2 Å². The summed E-state index contributed by atoms with van der Waals surface area (Å²) in [4.78, 5) is 28.3. The fourth-order valence-electron chi connectivity index (χ4n) is 4.39. The molecule has 220 valence electrons. The zero-order valence-corrected chi connectivity index (χ0v) is 25.6. The highest BCUT2D eigenvalue weighted by atomic mass is 35.5. The number of fused-ring (bicyclic) bond motifs is 1. The third-order valence-corrected chi connectivity index (χ3v) is 8.49. The van der Waals surface area contributed by atoms with Crippen LogP contribution in [0, 0.1) is 0 Å². The highest BCUT2D eigenvalue weighted by molar-refractivity contribution is 7.92. The van der Waals surface area contributed by atoms with Crippen LogP contribution in [0.3, 0.4) is 0 Å².